The summed E-state index contributed by atoms with van der Waals surface area (Å²) < 4.78 is 11.0. The van der Waals surface area contributed by atoms with Gasteiger partial charge in [0.05, 0.1) is 23.4 Å². The first-order chi connectivity index (χ1) is 13.2. The van der Waals surface area contributed by atoms with Crippen LogP contribution in [0.5, 0.6) is 5.75 Å². The SMILES string of the molecule is COc1cccc2c1C(C)(C)C(C)(C)N=C2c1ccc2oc(=O)ccc2c1Cl. The van der Waals surface area contributed by atoms with Crippen LogP contribution in [0.3, 0.4) is 0 Å². The van der Waals surface area contributed by atoms with Crippen molar-refractivity contribution in [3.8, 4) is 5.75 Å². The minimum atomic E-state index is -0.399. The number of benzene rings is 2. The number of hydrogen-bond acceptors (Lipinski definition) is 4. The molecule has 0 spiro atoms. The molecule has 4 rings (SSSR count). The molecule has 4 nitrogen and oxygen atoms in total. The molecule has 0 saturated carbocycles. The first kappa shape index (κ1) is 18.8. The number of halogens is 1. The molecular formula is C23H22ClNO3. The van der Waals surface area contributed by atoms with Gasteiger partial charge in [0.1, 0.15) is 11.3 Å². The van der Waals surface area contributed by atoms with Crippen LogP contribution in [-0.4, -0.2) is 18.4 Å². The summed E-state index contributed by atoms with van der Waals surface area (Å²) in [6.45, 7) is 8.61. The topological polar surface area (TPSA) is 51.8 Å². The number of rotatable bonds is 2. The zero-order valence-corrected chi connectivity index (χ0v) is 17.3. The molecule has 2 aromatic carbocycles. The lowest BCUT2D eigenvalue weighted by Gasteiger charge is -2.45. The van der Waals surface area contributed by atoms with Gasteiger partial charge in [0.25, 0.3) is 0 Å². The second-order valence-corrected chi connectivity index (χ2v) is 8.50. The molecule has 1 aliphatic rings. The summed E-state index contributed by atoms with van der Waals surface area (Å²) in [5.74, 6) is 0.839. The van der Waals surface area contributed by atoms with E-state index in [-0.39, 0.29) is 11.0 Å². The Morgan fingerprint density at radius 2 is 1.75 bits per heavy atom. The van der Waals surface area contributed by atoms with Crippen LogP contribution >= 0.6 is 11.6 Å². The van der Waals surface area contributed by atoms with E-state index in [9.17, 15) is 4.79 Å². The Labute approximate surface area is 168 Å². The average Bonchev–Trinajstić information content (AvgIpc) is 2.65. The molecule has 0 saturated heterocycles. The van der Waals surface area contributed by atoms with Crippen LogP contribution < -0.4 is 10.4 Å². The molecule has 0 unspecified atom stereocenters. The van der Waals surface area contributed by atoms with Crippen molar-refractivity contribution in [2.24, 2.45) is 4.99 Å². The van der Waals surface area contributed by atoms with E-state index in [0.29, 0.717) is 16.0 Å². The molecule has 144 valence electrons. The molecule has 0 aliphatic carbocycles. The van der Waals surface area contributed by atoms with Gasteiger partial charge < -0.3 is 9.15 Å². The number of hydrogen-bond donors (Lipinski definition) is 0. The van der Waals surface area contributed by atoms with Gasteiger partial charge in [0.15, 0.2) is 0 Å². The van der Waals surface area contributed by atoms with Crippen LogP contribution in [0.1, 0.15) is 44.4 Å². The maximum Gasteiger partial charge on any atom is 0.336 e. The van der Waals surface area contributed by atoms with E-state index in [2.05, 4.69) is 33.8 Å². The standard InChI is InChI=1S/C23H22ClNO3/c1-22(2)19-14(7-6-8-17(19)27-5)21(25-23(22,3)4)15-9-11-16-13(20(15)24)10-12-18(26)28-16/h6-12H,1-5H3. The van der Waals surface area contributed by atoms with Gasteiger partial charge >= 0.3 is 5.63 Å². The van der Waals surface area contributed by atoms with Crippen molar-refractivity contribution in [3.63, 3.8) is 0 Å². The lowest BCUT2D eigenvalue weighted by Crippen LogP contribution is -2.46. The van der Waals surface area contributed by atoms with Crippen LogP contribution in [0.25, 0.3) is 11.0 Å². The number of ether oxygens (including phenoxy) is 1. The summed E-state index contributed by atoms with van der Waals surface area (Å²) in [6, 6.07) is 12.7. The van der Waals surface area contributed by atoms with Crippen LogP contribution in [0, 0.1) is 0 Å². The maximum atomic E-state index is 11.5. The fourth-order valence-electron chi connectivity index (χ4n) is 3.83. The third kappa shape index (κ3) is 2.59. The van der Waals surface area contributed by atoms with E-state index in [4.69, 9.17) is 25.7 Å². The van der Waals surface area contributed by atoms with Crippen LogP contribution in [0.15, 0.2) is 56.7 Å². The Kier molecular flexibility index (Phi) is 4.16. The summed E-state index contributed by atoms with van der Waals surface area (Å²) >= 11 is 6.76. The van der Waals surface area contributed by atoms with Gasteiger partial charge in [-0.3, -0.25) is 4.99 Å². The van der Waals surface area contributed by atoms with Gasteiger partial charge in [0, 0.05) is 33.6 Å². The van der Waals surface area contributed by atoms with E-state index in [1.54, 1.807) is 19.2 Å². The van der Waals surface area contributed by atoms with Gasteiger partial charge in [-0.05, 0) is 38.1 Å². The van der Waals surface area contributed by atoms with Gasteiger partial charge in [0.2, 0.25) is 0 Å². The van der Waals surface area contributed by atoms with Gasteiger partial charge in [-0.2, -0.15) is 0 Å². The van der Waals surface area contributed by atoms with Crippen molar-refractivity contribution >= 4 is 28.3 Å². The van der Waals surface area contributed by atoms with Gasteiger partial charge in [-0.15, -0.1) is 0 Å². The van der Waals surface area contributed by atoms with Crippen molar-refractivity contribution < 1.29 is 9.15 Å². The predicted octanol–water partition coefficient (Wildman–Crippen LogP) is 5.36. The van der Waals surface area contributed by atoms with Gasteiger partial charge in [-0.25, -0.2) is 4.79 Å². The summed E-state index contributed by atoms with van der Waals surface area (Å²) in [4.78, 5) is 16.6. The Bertz CT molecular complexity index is 1190. The highest BCUT2D eigenvalue weighted by Gasteiger charge is 2.46. The highest BCUT2D eigenvalue weighted by atomic mass is 35.5. The van der Waals surface area contributed by atoms with Crippen molar-refractivity contribution in [2.75, 3.05) is 7.11 Å². The van der Waals surface area contributed by atoms with E-state index < -0.39 is 5.63 Å². The molecule has 28 heavy (non-hydrogen) atoms. The second kappa shape index (κ2) is 6.21. The Morgan fingerprint density at radius 1 is 1.00 bits per heavy atom. The first-order valence-corrected chi connectivity index (χ1v) is 9.55. The Morgan fingerprint density at radius 3 is 2.46 bits per heavy atom. The maximum absolute atomic E-state index is 11.5. The first-order valence-electron chi connectivity index (χ1n) is 9.18. The fraction of sp³-hybridized carbons (Fsp3) is 0.304. The number of aliphatic imine (C=N–C) groups is 1. The van der Waals surface area contributed by atoms with E-state index in [0.717, 1.165) is 28.2 Å². The zero-order chi connectivity index (χ0) is 20.3. The minimum absolute atomic E-state index is 0.242. The molecule has 0 atom stereocenters. The van der Waals surface area contributed by atoms with Gasteiger partial charge in [-0.1, -0.05) is 37.6 Å². The molecule has 0 fully saturated rings. The molecule has 0 radical (unpaired) electrons. The molecule has 5 heteroatoms. The molecular weight excluding hydrogens is 374 g/mol. The number of methoxy groups -OCH3 is 1. The minimum Gasteiger partial charge on any atom is -0.496 e. The Hall–Kier alpha value is -2.59. The van der Waals surface area contributed by atoms with Crippen LogP contribution in [-0.2, 0) is 5.41 Å². The third-order valence-corrected chi connectivity index (χ3v) is 6.45. The highest BCUT2D eigenvalue weighted by molar-refractivity contribution is 6.40. The zero-order valence-electron chi connectivity index (χ0n) is 16.6. The molecule has 2 heterocycles. The van der Waals surface area contributed by atoms with Crippen molar-refractivity contribution in [2.45, 2.75) is 38.6 Å². The number of nitrogens with zero attached hydrogens (tertiary/aromatic N) is 1. The highest BCUT2D eigenvalue weighted by Crippen LogP contribution is 2.48. The van der Waals surface area contributed by atoms with Crippen LogP contribution in [0.2, 0.25) is 5.02 Å². The normalized spacial score (nSPS) is 17.1. The third-order valence-electron chi connectivity index (χ3n) is 6.04. The van der Waals surface area contributed by atoms with E-state index >= 15 is 0 Å². The van der Waals surface area contributed by atoms with E-state index in [1.807, 2.05) is 18.2 Å². The lowest BCUT2D eigenvalue weighted by atomic mass is 9.65. The summed E-state index contributed by atoms with van der Waals surface area (Å²) in [5.41, 5.74) is 3.18. The van der Waals surface area contributed by atoms with E-state index in [1.165, 1.54) is 6.07 Å². The summed E-state index contributed by atoms with van der Waals surface area (Å²) in [7, 11) is 1.69. The summed E-state index contributed by atoms with van der Waals surface area (Å²) in [6.07, 6.45) is 0. The average molecular weight is 396 g/mol. The monoisotopic (exact) mass is 395 g/mol. The smallest absolute Gasteiger partial charge is 0.336 e. The quantitative estimate of drug-likeness (QED) is 0.548. The molecule has 0 N–H and O–H groups in total. The van der Waals surface area contributed by atoms with Crippen molar-refractivity contribution in [1.29, 1.82) is 0 Å². The molecule has 0 amide bonds. The Balaban J connectivity index is 2.05. The van der Waals surface area contributed by atoms with Crippen molar-refractivity contribution in [1.82, 2.24) is 0 Å². The second-order valence-electron chi connectivity index (χ2n) is 8.12. The molecule has 0 bridgehead atoms. The largest absolute Gasteiger partial charge is 0.496 e. The van der Waals surface area contributed by atoms with Crippen molar-refractivity contribution in [3.05, 3.63) is 74.6 Å². The van der Waals surface area contributed by atoms with Crippen LogP contribution in [0.4, 0.5) is 0 Å². The molecule has 1 aliphatic heterocycles. The lowest BCUT2D eigenvalue weighted by molar-refractivity contribution is 0.289. The summed E-state index contributed by atoms with van der Waals surface area (Å²) in [5, 5.41) is 1.21. The predicted molar refractivity (Wildman–Crippen MR) is 113 cm³/mol. The fourth-order valence-corrected chi connectivity index (χ4v) is 4.14. The molecule has 3 aromatic rings. The molecule has 1 aromatic heterocycles. The number of fused-ring (bicyclic) bond motifs is 2.